The molecule has 0 aliphatic carbocycles. The highest BCUT2D eigenvalue weighted by Gasteiger charge is 2.19. The van der Waals surface area contributed by atoms with E-state index in [1.165, 1.54) is 44.5 Å². The van der Waals surface area contributed by atoms with Gasteiger partial charge < -0.3 is 4.42 Å². The van der Waals surface area contributed by atoms with Gasteiger partial charge in [-0.05, 0) is 74.2 Å². The summed E-state index contributed by atoms with van der Waals surface area (Å²) in [5.74, 6) is 0.774. The van der Waals surface area contributed by atoms with Crippen LogP contribution in [-0.2, 0) is 0 Å². The van der Waals surface area contributed by atoms with E-state index in [1.807, 2.05) is 0 Å². The first-order chi connectivity index (χ1) is 24.8. The first-order valence-corrected chi connectivity index (χ1v) is 17.0. The van der Waals surface area contributed by atoms with E-state index in [-0.39, 0.29) is 0 Å². The average molecular weight is 640 g/mol. The van der Waals surface area contributed by atoms with Crippen molar-refractivity contribution < 1.29 is 4.42 Å². The third-order valence-corrected chi connectivity index (χ3v) is 9.52. The van der Waals surface area contributed by atoms with Crippen LogP contribution in [0.15, 0.2) is 205 Å². The van der Waals surface area contributed by atoms with E-state index in [1.54, 1.807) is 0 Å². The number of anilines is 3. The van der Waals surface area contributed by atoms with E-state index in [2.05, 4.69) is 205 Å². The quantitative estimate of drug-likeness (QED) is 0.173. The van der Waals surface area contributed by atoms with Crippen molar-refractivity contribution in [1.82, 2.24) is 0 Å². The zero-order valence-corrected chi connectivity index (χ0v) is 27.4. The Morgan fingerprint density at radius 3 is 1.12 bits per heavy atom. The van der Waals surface area contributed by atoms with Gasteiger partial charge >= 0.3 is 0 Å². The Bertz CT molecular complexity index is 2410. The summed E-state index contributed by atoms with van der Waals surface area (Å²) in [5, 5.41) is 3.35. The van der Waals surface area contributed by atoms with Gasteiger partial charge in [0.15, 0.2) is 0 Å². The van der Waals surface area contributed by atoms with Gasteiger partial charge in [0.25, 0.3) is 0 Å². The maximum absolute atomic E-state index is 6.72. The molecule has 0 amide bonds. The molecule has 0 fully saturated rings. The van der Waals surface area contributed by atoms with Gasteiger partial charge in [0, 0.05) is 28.2 Å². The number of benzene rings is 8. The highest BCUT2D eigenvalue weighted by Crippen LogP contribution is 2.41. The van der Waals surface area contributed by atoms with Crippen LogP contribution in [-0.4, -0.2) is 0 Å². The minimum atomic E-state index is 0.774. The second-order valence-electron chi connectivity index (χ2n) is 12.6. The van der Waals surface area contributed by atoms with Crippen LogP contribution in [0.2, 0.25) is 0 Å². The molecule has 0 spiro atoms. The summed E-state index contributed by atoms with van der Waals surface area (Å²) in [6.07, 6.45) is 0. The van der Waals surface area contributed by atoms with E-state index in [4.69, 9.17) is 4.42 Å². The standard InChI is InChI=1S/C48H33NO/c1-3-9-34(10-4-1)36-15-19-38(20-16-36)40-25-29-44(30-26-40)49(47-33-43-24-23-42-13-7-8-14-46(42)48(43)50-47)45-31-27-41(28-32-45)39-21-17-37(18-22-39)35-11-5-2-6-12-35/h1-33H. The number of hydrogen-bond acceptors (Lipinski definition) is 2. The maximum Gasteiger partial charge on any atom is 0.205 e. The molecule has 0 aliphatic rings. The van der Waals surface area contributed by atoms with Crippen LogP contribution in [0.4, 0.5) is 17.3 Å². The molecule has 1 heterocycles. The molecule has 0 aliphatic heterocycles. The molecule has 0 atom stereocenters. The van der Waals surface area contributed by atoms with E-state index < -0.39 is 0 Å². The Morgan fingerprint density at radius 2 is 0.660 bits per heavy atom. The van der Waals surface area contributed by atoms with Gasteiger partial charge in [-0.3, -0.25) is 4.90 Å². The second-order valence-corrected chi connectivity index (χ2v) is 12.6. The molecular weight excluding hydrogens is 607 g/mol. The van der Waals surface area contributed by atoms with Crippen molar-refractivity contribution in [1.29, 1.82) is 0 Å². The lowest BCUT2D eigenvalue weighted by atomic mass is 9.99. The molecule has 50 heavy (non-hydrogen) atoms. The molecule has 0 saturated heterocycles. The van der Waals surface area contributed by atoms with Crippen molar-refractivity contribution in [3.63, 3.8) is 0 Å². The van der Waals surface area contributed by atoms with Gasteiger partial charge in [-0.25, -0.2) is 0 Å². The Balaban J connectivity index is 1.07. The maximum atomic E-state index is 6.72. The number of rotatable bonds is 7. The van der Waals surface area contributed by atoms with Gasteiger partial charge in [-0.2, -0.15) is 0 Å². The fourth-order valence-electron chi connectivity index (χ4n) is 6.85. The fraction of sp³-hybridized carbons (Fsp3) is 0. The summed E-state index contributed by atoms with van der Waals surface area (Å²) in [6, 6.07) is 70.9. The molecule has 0 saturated carbocycles. The second kappa shape index (κ2) is 12.8. The monoisotopic (exact) mass is 639 g/mol. The van der Waals surface area contributed by atoms with Crippen molar-refractivity contribution in [2.75, 3.05) is 4.90 Å². The molecule has 1 aromatic heterocycles. The molecule has 2 heteroatoms. The van der Waals surface area contributed by atoms with Gasteiger partial charge in [-0.15, -0.1) is 0 Å². The van der Waals surface area contributed by atoms with Crippen molar-refractivity contribution in [2.45, 2.75) is 0 Å². The number of furan rings is 1. The summed E-state index contributed by atoms with van der Waals surface area (Å²) in [6.45, 7) is 0. The van der Waals surface area contributed by atoms with Crippen molar-refractivity contribution in [3.8, 4) is 44.5 Å². The molecular formula is C48H33NO. The van der Waals surface area contributed by atoms with E-state index in [0.717, 1.165) is 39.0 Å². The fourth-order valence-corrected chi connectivity index (χ4v) is 6.85. The molecule has 236 valence electrons. The molecule has 0 N–H and O–H groups in total. The van der Waals surface area contributed by atoms with Gasteiger partial charge in [0.1, 0.15) is 5.58 Å². The zero-order chi connectivity index (χ0) is 33.3. The first-order valence-electron chi connectivity index (χ1n) is 17.0. The van der Waals surface area contributed by atoms with Crippen molar-refractivity contribution in [2.24, 2.45) is 0 Å². The van der Waals surface area contributed by atoms with Crippen LogP contribution < -0.4 is 4.90 Å². The average Bonchev–Trinajstić information content (AvgIpc) is 3.64. The third kappa shape index (κ3) is 5.63. The lowest BCUT2D eigenvalue weighted by molar-refractivity contribution is 0.624. The predicted molar refractivity (Wildman–Crippen MR) is 210 cm³/mol. The Morgan fingerprint density at radius 1 is 0.300 bits per heavy atom. The summed E-state index contributed by atoms with van der Waals surface area (Å²) < 4.78 is 6.72. The van der Waals surface area contributed by atoms with Crippen LogP contribution in [0.3, 0.4) is 0 Å². The Kier molecular flexibility index (Phi) is 7.53. The van der Waals surface area contributed by atoms with Crippen LogP contribution in [0, 0.1) is 0 Å². The number of nitrogens with zero attached hydrogens (tertiary/aromatic N) is 1. The highest BCUT2D eigenvalue weighted by molar-refractivity contribution is 6.05. The molecule has 0 unspecified atom stereocenters. The highest BCUT2D eigenvalue weighted by atomic mass is 16.4. The first kappa shape index (κ1) is 29.5. The minimum Gasteiger partial charge on any atom is -0.439 e. The number of fused-ring (bicyclic) bond motifs is 3. The van der Waals surface area contributed by atoms with Crippen LogP contribution in [0.1, 0.15) is 0 Å². The zero-order valence-electron chi connectivity index (χ0n) is 27.4. The Hall–Kier alpha value is -6.64. The van der Waals surface area contributed by atoms with E-state index in [9.17, 15) is 0 Å². The normalized spacial score (nSPS) is 11.2. The number of hydrogen-bond donors (Lipinski definition) is 0. The lowest BCUT2D eigenvalue weighted by Gasteiger charge is -2.23. The molecule has 9 aromatic rings. The predicted octanol–water partition coefficient (Wildman–Crippen LogP) is 13.7. The smallest absolute Gasteiger partial charge is 0.205 e. The van der Waals surface area contributed by atoms with Crippen LogP contribution in [0.5, 0.6) is 0 Å². The largest absolute Gasteiger partial charge is 0.439 e. The topological polar surface area (TPSA) is 16.4 Å². The van der Waals surface area contributed by atoms with E-state index >= 15 is 0 Å². The van der Waals surface area contributed by atoms with Gasteiger partial charge in [-0.1, -0.05) is 170 Å². The minimum absolute atomic E-state index is 0.774. The molecule has 8 aromatic carbocycles. The third-order valence-electron chi connectivity index (χ3n) is 9.52. The lowest BCUT2D eigenvalue weighted by Crippen LogP contribution is -2.08. The molecule has 0 radical (unpaired) electrons. The van der Waals surface area contributed by atoms with Gasteiger partial charge in [0.05, 0.1) is 0 Å². The summed E-state index contributed by atoms with van der Waals surface area (Å²) in [7, 11) is 0. The van der Waals surface area contributed by atoms with Crippen molar-refractivity contribution >= 4 is 39.0 Å². The van der Waals surface area contributed by atoms with E-state index in [0.29, 0.717) is 0 Å². The molecule has 9 rings (SSSR count). The summed E-state index contributed by atoms with van der Waals surface area (Å²) in [5.41, 5.74) is 12.5. The SMILES string of the molecule is c1ccc(-c2ccc(-c3ccc(N(c4ccc(-c5ccc(-c6ccccc6)cc5)cc4)c4cc5ccc6ccccc6c5o4)cc3)cc2)cc1. The molecule has 0 bridgehead atoms. The van der Waals surface area contributed by atoms with Crippen LogP contribution >= 0.6 is 0 Å². The van der Waals surface area contributed by atoms with Gasteiger partial charge in [0.2, 0.25) is 5.88 Å². The Labute approximate surface area is 292 Å². The van der Waals surface area contributed by atoms with Crippen molar-refractivity contribution in [3.05, 3.63) is 200 Å². The van der Waals surface area contributed by atoms with Crippen LogP contribution in [0.25, 0.3) is 66.2 Å². The molecule has 2 nitrogen and oxygen atoms in total. The summed E-state index contributed by atoms with van der Waals surface area (Å²) >= 11 is 0. The summed E-state index contributed by atoms with van der Waals surface area (Å²) in [4.78, 5) is 2.21.